The Labute approximate surface area is 170 Å². The van der Waals surface area contributed by atoms with Gasteiger partial charge in [0.1, 0.15) is 29.6 Å². The van der Waals surface area contributed by atoms with Gasteiger partial charge < -0.3 is 14.5 Å². The van der Waals surface area contributed by atoms with Gasteiger partial charge in [0.2, 0.25) is 5.88 Å². The van der Waals surface area contributed by atoms with Crippen molar-refractivity contribution in [3.63, 3.8) is 0 Å². The third-order valence-corrected chi connectivity index (χ3v) is 3.97. The van der Waals surface area contributed by atoms with Crippen LogP contribution in [0.1, 0.15) is 23.0 Å². The molecule has 3 aromatic rings. The van der Waals surface area contributed by atoms with E-state index in [2.05, 4.69) is 20.4 Å². The summed E-state index contributed by atoms with van der Waals surface area (Å²) >= 11 is 0. The first-order chi connectivity index (χ1) is 14.5. The predicted octanol–water partition coefficient (Wildman–Crippen LogP) is 2.24. The van der Waals surface area contributed by atoms with Crippen LogP contribution in [0.3, 0.4) is 0 Å². The number of halogens is 1. The van der Waals surface area contributed by atoms with E-state index in [4.69, 9.17) is 14.3 Å². The number of aromatic amines is 1. The van der Waals surface area contributed by atoms with Crippen molar-refractivity contribution in [2.45, 2.75) is 13.5 Å². The molecule has 10 heteroatoms. The molecule has 0 spiro atoms. The Morgan fingerprint density at radius 1 is 1.27 bits per heavy atom. The Morgan fingerprint density at radius 2 is 2.10 bits per heavy atom. The maximum absolute atomic E-state index is 13.8. The molecular weight excluding hydrogens is 395 g/mol. The average Bonchev–Trinajstić information content (AvgIpc) is 2.76. The van der Waals surface area contributed by atoms with Gasteiger partial charge in [-0.05, 0) is 31.2 Å². The summed E-state index contributed by atoms with van der Waals surface area (Å²) in [5, 5.41) is 0. The molecule has 0 radical (unpaired) electrons. The van der Waals surface area contributed by atoms with Crippen LogP contribution >= 0.6 is 0 Å². The van der Waals surface area contributed by atoms with Gasteiger partial charge in [-0.15, -0.1) is 0 Å². The summed E-state index contributed by atoms with van der Waals surface area (Å²) in [5.74, 6) is -0.353. The number of benzene rings is 1. The molecular formula is C20H19FN4O5. The third kappa shape index (κ3) is 4.97. The zero-order valence-corrected chi connectivity index (χ0v) is 16.3. The maximum Gasteiger partial charge on any atom is 0.294 e. The molecule has 0 aliphatic heterocycles. The van der Waals surface area contributed by atoms with Crippen LogP contribution in [0.25, 0.3) is 11.3 Å². The molecule has 0 bridgehead atoms. The normalized spacial score (nSPS) is 10.5. The minimum atomic E-state index is -0.713. The summed E-state index contributed by atoms with van der Waals surface area (Å²) in [6.45, 7) is 2.06. The van der Waals surface area contributed by atoms with Crippen LogP contribution in [0, 0.1) is 5.82 Å². The van der Waals surface area contributed by atoms with Crippen molar-refractivity contribution < 1.29 is 23.5 Å². The summed E-state index contributed by atoms with van der Waals surface area (Å²) in [6.07, 6.45) is 2.57. The minimum Gasteiger partial charge on any atom is -0.497 e. The molecule has 0 fully saturated rings. The van der Waals surface area contributed by atoms with Crippen molar-refractivity contribution in [1.82, 2.24) is 20.4 Å². The molecule has 0 unspecified atom stereocenters. The molecule has 3 rings (SSSR count). The highest BCUT2D eigenvalue weighted by atomic mass is 19.1. The topological polar surface area (TPSA) is 115 Å². The molecule has 0 saturated heterocycles. The molecule has 2 heterocycles. The number of hydrogen-bond acceptors (Lipinski definition) is 7. The second-order valence-corrected chi connectivity index (χ2v) is 5.96. The fourth-order valence-electron chi connectivity index (χ4n) is 2.49. The summed E-state index contributed by atoms with van der Waals surface area (Å²) in [4.78, 5) is 40.1. The zero-order chi connectivity index (χ0) is 21.5. The second kappa shape index (κ2) is 9.61. The number of aromatic nitrogens is 3. The minimum absolute atomic E-state index is 0.0111. The lowest BCUT2D eigenvalue weighted by atomic mass is 10.2. The number of hydrogen-bond donors (Lipinski definition) is 2. The summed E-state index contributed by atoms with van der Waals surface area (Å²) in [7, 11) is 1.46. The Bertz CT molecular complexity index is 1090. The maximum atomic E-state index is 13.8. The summed E-state index contributed by atoms with van der Waals surface area (Å²) < 4.78 is 24.1. The van der Waals surface area contributed by atoms with Crippen molar-refractivity contribution in [1.29, 1.82) is 0 Å². The molecule has 9 nitrogen and oxygen atoms in total. The lowest BCUT2D eigenvalue weighted by molar-refractivity contribution is 0.0219. The van der Waals surface area contributed by atoms with Crippen LogP contribution in [0.4, 0.5) is 4.39 Å². The van der Waals surface area contributed by atoms with Crippen molar-refractivity contribution in [3.8, 4) is 22.9 Å². The van der Waals surface area contributed by atoms with Crippen molar-refractivity contribution in [2.75, 3.05) is 13.7 Å². The van der Waals surface area contributed by atoms with E-state index in [1.807, 2.05) is 6.92 Å². The highest BCUT2D eigenvalue weighted by Crippen LogP contribution is 2.17. The van der Waals surface area contributed by atoms with E-state index >= 15 is 0 Å². The monoisotopic (exact) mass is 414 g/mol. The molecule has 2 aromatic heterocycles. The highest BCUT2D eigenvalue weighted by Gasteiger charge is 2.14. The Kier molecular flexibility index (Phi) is 6.71. The van der Waals surface area contributed by atoms with Gasteiger partial charge in [-0.1, -0.05) is 0 Å². The fourth-order valence-corrected chi connectivity index (χ4v) is 2.49. The van der Waals surface area contributed by atoms with E-state index in [-0.39, 0.29) is 23.6 Å². The number of nitrogens with zero attached hydrogens (tertiary/aromatic N) is 2. The quantitative estimate of drug-likeness (QED) is 0.543. The van der Waals surface area contributed by atoms with Crippen LogP contribution in [-0.4, -0.2) is 34.6 Å². The Balaban J connectivity index is 1.69. The van der Waals surface area contributed by atoms with Crippen LogP contribution in [0.15, 0.2) is 47.5 Å². The van der Waals surface area contributed by atoms with Gasteiger partial charge in [-0.2, -0.15) is 0 Å². The highest BCUT2D eigenvalue weighted by molar-refractivity contribution is 5.91. The standard InChI is InChI=1S/C20H19FN4O5/c1-3-29-17-7-4-12(9-22-17)18-20(27)23-10-16(24-18)19(26)25-30-11-13-8-14(28-2)5-6-15(13)21/h4-10H,3,11H2,1-2H3,(H,23,27)(H,25,26). The molecule has 0 atom stereocenters. The predicted molar refractivity (Wildman–Crippen MR) is 104 cm³/mol. The van der Waals surface area contributed by atoms with Crippen LogP contribution < -0.4 is 20.5 Å². The number of carbonyl (C=O) groups is 1. The van der Waals surface area contributed by atoms with Gasteiger partial charge >= 0.3 is 0 Å². The first kappa shape index (κ1) is 20.9. The van der Waals surface area contributed by atoms with Gasteiger partial charge in [0.25, 0.3) is 11.5 Å². The number of amides is 1. The molecule has 0 saturated carbocycles. The van der Waals surface area contributed by atoms with Crippen LogP contribution in [0.5, 0.6) is 11.6 Å². The molecule has 0 aliphatic carbocycles. The number of hydroxylamine groups is 1. The number of carbonyl (C=O) groups excluding carboxylic acids is 1. The molecule has 1 aromatic carbocycles. The molecule has 30 heavy (non-hydrogen) atoms. The summed E-state index contributed by atoms with van der Waals surface area (Å²) in [5.41, 5.74) is 2.21. The smallest absolute Gasteiger partial charge is 0.294 e. The first-order valence-corrected chi connectivity index (χ1v) is 8.95. The average molecular weight is 414 g/mol. The lowest BCUT2D eigenvalue weighted by Gasteiger charge is -2.09. The van der Waals surface area contributed by atoms with Crippen LogP contribution in [-0.2, 0) is 11.4 Å². The molecule has 2 N–H and O–H groups in total. The third-order valence-electron chi connectivity index (χ3n) is 3.97. The van der Waals surface area contributed by atoms with E-state index < -0.39 is 17.3 Å². The van der Waals surface area contributed by atoms with Gasteiger partial charge in [0.05, 0.1) is 13.7 Å². The van der Waals surface area contributed by atoms with Crippen molar-refractivity contribution >= 4 is 5.91 Å². The largest absolute Gasteiger partial charge is 0.497 e. The number of rotatable bonds is 8. The van der Waals surface area contributed by atoms with E-state index in [1.54, 1.807) is 12.1 Å². The summed E-state index contributed by atoms with van der Waals surface area (Å²) in [6, 6.07) is 7.37. The SMILES string of the molecule is CCOc1ccc(-c2nc(C(=O)NOCc3cc(OC)ccc3F)c[nH]c2=O)cn1. The first-order valence-electron chi connectivity index (χ1n) is 8.95. The van der Waals surface area contributed by atoms with E-state index in [0.717, 1.165) is 6.20 Å². The van der Waals surface area contributed by atoms with Crippen molar-refractivity contribution in [2.24, 2.45) is 0 Å². The molecule has 156 valence electrons. The number of H-pyrrole nitrogens is 1. The Morgan fingerprint density at radius 3 is 2.80 bits per heavy atom. The fraction of sp³-hybridized carbons (Fsp3) is 0.200. The van der Waals surface area contributed by atoms with Gasteiger partial charge in [0, 0.05) is 29.6 Å². The number of pyridine rings is 1. The van der Waals surface area contributed by atoms with Gasteiger partial charge in [-0.25, -0.2) is 19.8 Å². The number of methoxy groups -OCH3 is 1. The number of nitrogens with one attached hydrogen (secondary N) is 2. The van der Waals surface area contributed by atoms with Crippen molar-refractivity contribution in [3.05, 3.63) is 70.2 Å². The second-order valence-electron chi connectivity index (χ2n) is 5.96. The van der Waals surface area contributed by atoms with Crippen LogP contribution in [0.2, 0.25) is 0 Å². The Hall–Kier alpha value is -3.79. The van der Waals surface area contributed by atoms with Gasteiger partial charge in [0.15, 0.2) is 0 Å². The van der Waals surface area contributed by atoms with Gasteiger partial charge in [-0.3, -0.25) is 14.4 Å². The molecule has 0 aliphatic rings. The number of ether oxygens (including phenoxy) is 2. The van der Waals surface area contributed by atoms with E-state index in [0.29, 0.717) is 23.8 Å². The zero-order valence-electron chi connectivity index (χ0n) is 16.3. The van der Waals surface area contributed by atoms with E-state index in [1.165, 1.54) is 31.5 Å². The lowest BCUT2D eigenvalue weighted by Crippen LogP contribution is -2.26. The van der Waals surface area contributed by atoms with E-state index in [9.17, 15) is 14.0 Å². The molecule has 1 amide bonds.